The van der Waals surface area contributed by atoms with Crippen LogP contribution in [0.1, 0.15) is 92.4 Å². The van der Waals surface area contributed by atoms with Crippen LogP contribution < -0.4 is 68.9 Å². The van der Waals surface area contributed by atoms with E-state index >= 15 is 0 Å². The molecule has 0 radical (unpaired) electrons. The van der Waals surface area contributed by atoms with Crippen LogP contribution >= 0.6 is 7.82 Å². The van der Waals surface area contributed by atoms with Gasteiger partial charge in [-0.1, -0.05) is 84.3 Å². The Kier molecular flexibility index (Phi) is 24.5. The molecule has 0 heterocycles. The predicted octanol–water partition coefficient (Wildman–Crippen LogP) is -0.775. The first-order valence-corrected chi connectivity index (χ1v) is 11.4. The van der Waals surface area contributed by atoms with Crippen LogP contribution in [0, 0.1) is 17.8 Å². The molecule has 0 aromatic heterocycles. The van der Waals surface area contributed by atoms with Crippen LogP contribution in [0.25, 0.3) is 0 Å². The molecule has 0 unspecified atom stereocenters. The Hall–Kier alpha value is 1.85. The maximum Gasteiger partial charge on any atom is 1.00 e. The first-order valence-electron chi connectivity index (χ1n) is 9.92. The van der Waals surface area contributed by atoms with Crippen molar-refractivity contribution >= 4 is 7.82 Å². The average Bonchev–Trinajstić information content (AvgIpc) is 2.45. The Bertz CT molecular complexity index is 411. The van der Waals surface area contributed by atoms with E-state index in [4.69, 9.17) is 0 Å². The van der Waals surface area contributed by atoms with E-state index in [1.807, 2.05) is 6.92 Å². The molecular weight excluding hydrogens is 381 g/mol. The van der Waals surface area contributed by atoms with Crippen LogP contribution in [0.2, 0.25) is 0 Å². The predicted molar refractivity (Wildman–Crippen MR) is 102 cm³/mol. The summed E-state index contributed by atoms with van der Waals surface area (Å²) in [7, 11) is -4.84. The number of hydrogen-bond acceptors (Lipinski definition) is 4. The molecule has 0 aromatic carbocycles. The third-order valence-electron chi connectivity index (χ3n) is 4.80. The molecule has 0 N–H and O–H groups in total. The number of allylic oxidation sites excluding steroid dienone is 1. The SMILES string of the molecule is C/C(=C\COP(=O)([O-])[O-])CCC[C@H](C)CCC[C@H](C)CCCC(C)C.[Na+].[Na+]. The molecule has 0 aliphatic heterocycles. The fourth-order valence-corrected chi connectivity index (χ4v) is 3.34. The van der Waals surface area contributed by atoms with Crippen LogP contribution in [0.4, 0.5) is 0 Å². The fourth-order valence-electron chi connectivity index (χ4n) is 3.08. The van der Waals surface area contributed by atoms with Crippen molar-refractivity contribution in [3.05, 3.63) is 11.6 Å². The van der Waals surface area contributed by atoms with E-state index in [1.54, 1.807) is 6.08 Å². The Balaban J connectivity index is -0.00000288. The van der Waals surface area contributed by atoms with E-state index < -0.39 is 7.82 Å². The van der Waals surface area contributed by atoms with Gasteiger partial charge in [-0.15, -0.1) is 0 Å². The van der Waals surface area contributed by atoms with Gasteiger partial charge in [0.05, 0.1) is 14.4 Å². The summed E-state index contributed by atoms with van der Waals surface area (Å²) >= 11 is 0. The van der Waals surface area contributed by atoms with Gasteiger partial charge in [-0.2, -0.15) is 0 Å². The second-order valence-corrected chi connectivity index (χ2v) is 9.30. The Morgan fingerprint density at radius 2 is 1.33 bits per heavy atom. The van der Waals surface area contributed by atoms with Crippen molar-refractivity contribution < 1.29 is 78.0 Å². The van der Waals surface area contributed by atoms with E-state index in [9.17, 15) is 14.4 Å². The van der Waals surface area contributed by atoms with Gasteiger partial charge >= 0.3 is 59.1 Å². The Morgan fingerprint density at radius 1 is 0.889 bits per heavy atom. The van der Waals surface area contributed by atoms with Crippen molar-refractivity contribution in [2.45, 2.75) is 92.4 Å². The van der Waals surface area contributed by atoms with Crippen LogP contribution in [0.15, 0.2) is 11.6 Å². The molecule has 150 valence electrons. The average molecular weight is 420 g/mol. The minimum absolute atomic E-state index is 0. The van der Waals surface area contributed by atoms with Crippen LogP contribution in [0.5, 0.6) is 0 Å². The molecule has 0 saturated carbocycles. The molecule has 2 atom stereocenters. The van der Waals surface area contributed by atoms with E-state index in [1.165, 1.54) is 44.9 Å². The first kappa shape index (κ1) is 33.5. The quantitative estimate of drug-likeness (QED) is 0.198. The summed E-state index contributed by atoms with van der Waals surface area (Å²) in [6.07, 6.45) is 12.9. The van der Waals surface area contributed by atoms with Gasteiger partial charge in [-0.3, -0.25) is 0 Å². The van der Waals surface area contributed by atoms with Gasteiger partial charge in [0.15, 0.2) is 0 Å². The topological polar surface area (TPSA) is 72.4 Å². The summed E-state index contributed by atoms with van der Waals surface area (Å²) in [5.74, 6) is 2.39. The number of rotatable bonds is 15. The van der Waals surface area contributed by atoms with Crippen LogP contribution in [-0.4, -0.2) is 6.61 Å². The van der Waals surface area contributed by atoms with Crippen LogP contribution in [0.3, 0.4) is 0 Å². The second kappa shape index (κ2) is 19.8. The smallest absolute Gasteiger partial charge is 0.790 e. The number of phosphoric ester groups is 1. The van der Waals surface area contributed by atoms with Crippen LogP contribution in [-0.2, 0) is 9.09 Å². The monoisotopic (exact) mass is 420 g/mol. The van der Waals surface area contributed by atoms with Gasteiger partial charge in [0.25, 0.3) is 0 Å². The maximum absolute atomic E-state index is 10.4. The standard InChI is InChI=1S/C20H41O4P.2Na/c1-17(2)9-6-10-18(3)11-7-12-19(4)13-8-14-20(5)15-16-24-25(21,22)23;;/h15,17-19H,6-14,16H2,1-5H3,(H2,21,22,23);;/q;2*+1/p-2/b20-15+;;/t18-,19-;;/m1../s1. The fraction of sp³-hybridized carbons (Fsp3) is 0.900. The van der Waals surface area contributed by atoms with Gasteiger partial charge in [0.2, 0.25) is 0 Å². The van der Waals surface area contributed by atoms with Gasteiger partial charge in [-0.05, 0) is 37.5 Å². The maximum atomic E-state index is 10.4. The molecule has 0 amide bonds. The first-order chi connectivity index (χ1) is 11.6. The van der Waals surface area contributed by atoms with E-state index in [-0.39, 0.29) is 65.7 Å². The molecule has 27 heavy (non-hydrogen) atoms. The molecule has 0 rings (SSSR count). The van der Waals surface area contributed by atoms with E-state index in [0.717, 1.165) is 36.2 Å². The molecular formula is C20H39Na2O4P. The van der Waals surface area contributed by atoms with Gasteiger partial charge in [-0.25, -0.2) is 0 Å². The zero-order valence-electron chi connectivity index (χ0n) is 19.0. The molecule has 0 spiro atoms. The Labute approximate surface area is 212 Å². The minimum Gasteiger partial charge on any atom is -0.790 e. The summed E-state index contributed by atoms with van der Waals surface area (Å²) in [5, 5.41) is 0. The van der Waals surface area contributed by atoms with Crippen molar-refractivity contribution in [3.8, 4) is 0 Å². The molecule has 0 aliphatic rings. The van der Waals surface area contributed by atoms with Gasteiger partial charge in [0, 0.05) is 0 Å². The summed E-state index contributed by atoms with van der Waals surface area (Å²) in [4.78, 5) is 20.7. The molecule has 0 aromatic rings. The van der Waals surface area contributed by atoms with Crippen molar-refractivity contribution in [1.29, 1.82) is 0 Å². The van der Waals surface area contributed by atoms with E-state index in [2.05, 4.69) is 32.2 Å². The molecule has 0 fully saturated rings. The summed E-state index contributed by atoms with van der Waals surface area (Å²) < 4.78 is 14.6. The van der Waals surface area contributed by atoms with Gasteiger partial charge < -0.3 is 18.9 Å². The summed E-state index contributed by atoms with van der Waals surface area (Å²) in [6.45, 7) is 11.1. The van der Waals surface area contributed by atoms with Crippen molar-refractivity contribution in [2.75, 3.05) is 6.61 Å². The Morgan fingerprint density at radius 3 is 1.78 bits per heavy atom. The minimum atomic E-state index is -4.84. The largest absolute Gasteiger partial charge is 1.00 e. The molecule has 7 heteroatoms. The molecule has 0 bridgehead atoms. The third-order valence-corrected chi connectivity index (χ3v) is 5.27. The van der Waals surface area contributed by atoms with Crippen molar-refractivity contribution in [3.63, 3.8) is 0 Å². The van der Waals surface area contributed by atoms with Gasteiger partial charge in [0.1, 0.15) is 0 Å². The summed E-state index contributed by atoms with van der Waals surface area (Å²) in [6, 6.07) is 0. The normalized spacial score (nSPS) is 14.4. The molecule has 0 saturated heterocycles. The molecule has 4 nitrogen and oxygen atoms in total. The summed E-state index contributed by atoms with van der Waals surface area (Å²) in [5.41, 5.74) is 1.08. The number of phosphoric acid groups is 1. The molecule has 0 aliphatic carbocycles. The van der Waals surface area contributed by atoms with E-state index in [0.29, 0.717) is 0 Å². The number of hydrogen-bond donors (Lipinski definition) is 0. The van der Waals surface area contributed by atoms with Crippen molar-refractivity contribution in [2.24, 2.45) is 17.8 Å². The van der Waals surface area contributed by atoms with Crippen molar-refractivity contribution in [1.82, 2.24) is 0 Å². The zero-order valence-corrected chi connectivity index (χ0v) is 23.9. The third kappa shape index (κ3) is 25.8. The zero-order chi connectivity index (χ0) is 19.3. The second-order valence-electron chi connectivity index (χ2n) is 8.15.